The number of aryl methyl sites for hydroxylation is 3. The van der Waals surface area contributed by atoms with Gasteiger partial charge in [-0.2, -0.15) is 8.75 Å². The van der Waals surface area contributed by atoms with E-state index in [9.17, 15) is 0 Å². The van der Waals surface area contributed by atoms with Crippen molar-refractivity contribution in [2.24, 2.45) is 0 Å². The first-order chi connectivity index (χ1) is 31.2. The summed E-state index contributed by atoms with van der Waals surface area (Å²) < 4.78 is 22.6. The van der Waals surface area contributed by atoms with Crippen molar-refractivity contribution < 1.29 is 9.47 Å². The number of thiophene rings is 1. The molecule has 0 bridgehead atoms. The van der Waals surface area contributed by atoms with Gasteiger partial charge in [0.2, 0.25) is 0 Å². The van der Waals surface area contributed by atoms with Gasteiger partial charge in [-0.05, 0) is 126 Å². The Labute approximate surface area is 381 Å². The van der Waals surface area contributed by atoms with E-state index in [1.165, 1.54) is 137 Å². The van der Waals surface area contributed by atoms with Gasteiger partial charge in [-0.15, -0.1) is 11.3 Å². The Morgan fingerprint density at radius 2 is 1.27 bits per heavy atom. The summed E-state index contributed by atoms with van der Waals surface area (Å²) in [6.45, 7) is 5.68. The first-order valence-corrected chi connectivity index (χ1v) is 25.0. The van der Waals surface area contributed by atoms with E-state index in [-0.39, 0.29) is 0 Å². The van der Waals surface area contributed by atoms with E-state index < -0.39 is 0 Å². The molecular weight excluding hydrogens is 833 g/mol. The molecule has 0 fully saturated rings. The fraction of sp³-hybridized carbons (Fsp3) is 0.259. The molecule has 0 N–H and O–H groups in total. The summed E-state index contributed by atoms with van der Waals surface area (Å²) in [6.07, 6.45) is 11.0. The summed E-state index contributed by atoms with van der Waals surface area (Å²) in [5, 5.41) is 0. The average molecular weight is 881 g/mol. The Morgan fingerprint density at radius 1 is 0.603 bits per heavy atom. The van der Waals surface area contributed by atoms with Gasteiger partial charge >= 0.3 is 0 Å². The molecule has 0 atom stereocenters. The average Bonchev–Trinajstić information content (AvgIpc) is 3.99. The summed E-state index contributed by atoms with van der Waals surface area (Å²) in [5.74, 6) is 1.61. The lowest BCUT2D eigenvalue weighted by molar-refractivity contribution is 0.175. The van der Waals surface area contributed by atoms with Crippen LogP contribution in [0.2, 0.25) is 0 Å². The Kier molecular flexibility index (Phi) is 10.2. The van der Waals surface area contributed by atoms with Gasteiger partial charge in [0.05, 0.1) is 32.9 Å². The van der Waals surface area contributed by atoms with Crippen LogP contribution in [0.1, 0.15) is 62.1 Å². The van der Waals surface area contributed by atoms with E-state index in [4.69, 9.17) is 18.2 Å². The zero-order valence-corrected chi connectivity index (χ0v) is 37.9. The molecule has 6 nitrogen and oxygen atoms in total. The predicted molar refractivity (Wildman–Crippen MR) is 264 cm³/mol. The minimum Gasteiger partial charge on any atom is -0.485 e. The molecule has 8 aromatic rings. The minimum absolute atomic E-state index is 0.506. The van der Waals surface area contributed by atoms with E-state index >= 15 is 0 Å². The normalized spacial score (nSPS) is 15.0. The highest BCUT2D eigenvalue weighted by molar-refractivity contribution is 7.99. The van der Waals surface area contributed by atoms with E-state index in [0.717, 1.165) is 61.0 Å². The molecule has 0 radical (unpaired) electrons. The van der Waals surface area contributed by atoms with Crippen molar-refractivity contribution in [1.82, 2.24) is 8.75 Å². The molecule has 0 spiro atoms. The molecule has 63 heavy (non-hydrogen) atoms. The van der Waals surface area contributed by atoms with Crippen LogP contribution in [-0.4, -0.2) is 35.1 Å². The zero-order chi connectivity index (χ0) is 41.9. The molecule has 4 aliphatic heterocycles. The number of fused-ring (bicyclic) bond motifs is 4. The maximum absolute atomic E-state index is 6.51. The van der Waals surface area contributed by atoms with Crippen LogP contribution in [0.25, 0.3) is 54.2 Å². The molecule has 0 unspecified atom stereocenters. The fourth-order valence-electron chi connectivity index (χ4n) is 10.2. The number of hydrogen-bond donors (Lipinski definition) is 0. The number of anilines is 4. The SMILES string of the molecule is CCCCCCc1ccc(N2c3ccc(-c4cc5c6c(c4)CCCN6CCC5)cc3Sc3cc(-c4sc(-c5ccc(-c6ccccc6)c6nsnc56)c5c4OCCO5)ccc32)cc1. The van der Waals surface area contributed by atoms with Crippen LogP contribution in [0.5, 0.6) is 11.5 Å². The first kappa shape index (κ1) is 39.0. The second-order valence-corrected chi connectivity index (χ2v) is 19.9. The minimum atomic E-state index is 0.506. The second kappa shape index (κ2) is 16.5. The Bertz CT molecular complexity index is 2980. The van der Waals surface area contributed by atoms with Gasteiger partial charge in [-0.3, -0.25) is 0 Å². The van der Waals surface area contributed by atoms with Gasteiger partial charge in [0.25, 0.3) is 0 Å². The molecule has 0 amide bonds. The highest BCUT2D eigenvalue weighted by atomic mass is 32.2. The first-order valence-electron chi connectivity index (χ1n) is 22.7. The molecule has 2 aromatic heterocycles. The van der Waals surface area contributed by atoms with Crippen molar-refractivity contribution in [2.75, 3.05) is 36.1 Å². The number of nitrogens with zero attached hydrogens (tertiary/aromatic N) is 4. The van der Waals surface area contributed by atoms with Crippen LogP contribution in [0.3, 0.4) is 0 Å². The van der Waals surface area contributed by atoms with Gasteiger partial charge in [0.1, 0.15) is 24.2 Å². The van der Waals surface area contributed by atoms with Gasteiger partial charge in [-0.1, -0.05) is 105 Å². The molecule has 0 saturated heterocycles. The molecule has 6 heterocycles. The summed E-state index contributed by atoms with van der Waals surface area (Å²) in [4.78, 5) is 9.69. The van der Waals surface area contributed by atoms with Crippen molar-refractivity contribution in [1.29, 1.82) is 0 Å². The molecule has 0 aliphatic carbocycles. The van der Waals surface area contributed by atoms with Crippen LogP contribution in [0.15, 0.2) is 125 Å². The smallest absolute Gasteiger partial charge is 0.180 e. The van der Waals surface area contributed by atoms with E-state index in [1.807, 2.05) is 17.8 Å². The highest BCUT2D eigenvalue weighted by Crippen LogP contribution is 2.58. The Balaban J connectivity index is 0.951. The molecule has 12 rings (SSSR count). The van der Waals surface area contributed by atoms with Crippen LogP contribution in [0, 0.1) is 0 Å². The fourth-order valence-corrected chi connectivity index (χ4v) is 13.1. The lowest BCUT2D eigenvalue weighted by Gasteiger charge is -2.37. The van der Waals surface area contributed by atoms with Crippen LogP contribution < -0.4 is 19.3 Å². The zero-order valence-electron chi connectivity index (χ0n) is 35.5. The number of hydrogen-bond acceptors (Lipinski definition) is 9. The number of benzene rings is 6. The number of rotatable bonds is 10. The summed E-state index contributed by atoms with van der Waals surface area (Å²) in [5.41, 5.74) is 18.3. The summed E-state index contributed by atoms with van der Waals surface area (Å²) >= 11 is 4.86. The van der Waals surface area contributed by atoms with E-state index in [1.54, 1.807) is 11.3 Å². The second-order valence-electron chi connectivity index (χ2n) is 17.2. The standard InChI is InChI=1S/C54H48N4O2S3/c1-2-3-4-6-11-34-16-20-41(21-17-34)58-44-24-18-36(40-30-37-14-9-26-57-27-10-15-38(31-40)50(37)57)32-46(44)61-47-33-39(19-25-45(47)58)53-51-52(60-29-28-59-51)54(62-53)43-23-22-42(35-12-7-5-8-13-35)48-49(43)56-63-55-48/h5,7-8,12-13,16-25,30-33H,2-4,6,9-11,14-15,26-29H2,1H3. The third kappa shape index (κ3) is 7.00. The quantitative estimate of drug-likeness (QED) is 0.127. The maximum Gasteiger partial charge on any atom is 0.180 e. The van der Waals surface area contributed by atoms with Gasteiger partial charge in [0.15, 0.2) is 11.5 Å². The lowest BCUT2D eigenvalue weighted by atomic mass is 9.88. The highest BCUT2D eigenvalue weighted by Gasteiger charge is 2.32. The van der Waals surface area contributed by atoms with Gasteiger partial charge in [0, 0.05) is 45.4 Å². The van der Waals surface area contributed by atoms with Crippen molar-refractivity contribution in [3.8, 4) is 54.6 Å². The van der Waals surface area contributed by atoms with Crippen molar-refractivity contribution in [3.05, 3.63) is 132 Å². The third-order valence-electron chi connectivity index (χ3n) is 13.2. The van der Waals surface area contributed by atoms with Crippen molar-refractivity contribution in [2.45, 2.75) is 74.5 Å². The van der Waals surface area contributed by atoms with Crippen LogP contribution in [0.4, 0.5) is 22.7 Å². The van der Waals surface area contributed by atoms with Crippen LogP contribution >= 0.6 is 34.8 Å². The van der Waals surface area contributed by atoms with Crippen LogP contribution in [-0.2, 0) is 19.3 Å². The Morgan fingerprint density at radius 3 is 2.00 bits per heavy atom. The van der Waals surface area contributed by atoms with Gasteiger partial charge in [-0.25, -0.2) is 0 Å². The molecule has 0 saturated carbocycles. The molecule has 6 aromatic carbocycles. The monoisotopic (exact) mass is 880 g/mol. The molecular formula is C54H48N4O2S3. The lowest BCUT2D eigenvalue weighted by Crippen LogP contribution is -2.34. The van der Waals surface area contributed by atoms with E-state index in [2.05, 4.69) is 126 Å². The number of aromatic nitrogens is 2. The molecule has 4 aliphatic rings. The third-order valence-corrected chi connectivity index (χ3v) is 16.1. The van der Waals surface area contributed by atoms with Crippen molar-refractivity contribution in [3.63, 3.8) is 0 Å². The number of unbranched alkanes of at least 4 members (excludes halogenated alkanes) is 3. The van der Waals surface area contributed by atoms with Crippen molar-refractivity contribution >= 4 is 68.6 Å². The predicted octanol–water partition coefficient (Wildman–Crippen LogP) is 14.9. The molecule has 314 valence electrons. The topological polar surface area (TPSA) is 50.7 Å². The number of ether oxygens (including phenoxy) is 2. The summed E-state index contributed by atoms with van der Waals surface area (Å²) in [7, 11) is 0. The largest absolute Gasteiger partial charge is 0.485 e. The molecule has 9 heteroatoms. The Hall–Kier alpha value is -5.61. The van der Waals surface area contributed by atoms with E-state index in [0.29, 0.717) is 13.2 Å². The summed E-state index contributed by atoms with van der Waals surface area (Å²) in [6, 6.07) is 43.2. The maximum atomic E-state index is 6.51. The van der Waals surface area contributed by atoms with Gasteiger partial charge < -0.3 is 19.3 Å².